The van der Waals surface area contributed by atoms with Crippen molar-refractivity contribution < 1.29 is 12.0 Å². The Morgan fingerprint density at radius 1 is 1.10 bits per heavy atom. The van der Waals surface area contributed by atoms with E-state index in [2.05, 4.69) is 48.7 Å². The lowest BCUT2D eigenvalue weighted by molar-refractivity contribution is 0.525. The van der Waals surface area contributed by atoms with Crippen LogP contribution in [0.1, 0.15) is 44.7 Å². The number of hydrogen-bond acceptors (Lipinski definition) is 4. The van der Waals surface area contributed by atoms with Crippen molar-refractivity contribution in [1.29, 1.82) is 0 Å². The Balaban J connectivity index is 2.26. The summed E-state index contributed by atoms with van der Waals surface area (Å²) < 4.78 is 26.1. The summed E-state index contributed by atoms with van der Waals surface area (Å²) >= 11 is 1.01. The number of rotatable bonds is 7. The van der Waals surface area contributed by atoms with E-state index in [1.54, 1.807) is 0 Å². The van der Waals surface area contributed by atoms with Crippen LogP contribution >= 0.6 is 12.0 Å². The van der Waals surface area contributed by atoms with E-state index in [-0.39, 0.29) is 5.41 Å². The van der Waals surface area contributed by atoms with Gasteiger partial charge in [0.15, 0.2) is 0 Å². The van der Waals surface area contributed by atoms with Crippen molar-refractivity contribution >= 4 is 22.2 Å². The largest absolute Gasteiger partial charge is 0.275 e. The summed E-state index contributed by atoms with van der Waals surface area (Å²) in [6, 6.07) is 8.75. The van der Waals surface area contributed by atoms with Gasteiger partial charge < -0.3 is 0 Å². The van der Waals surface area contributed by atoms with Gasteiger partial charge in [0.05, 0.1) is 6.26 Å². The number of aryl methyl sites for hydroxylation is 1. The topological polar surface area (TPSA) is 43.4 Å². The van der Waals surface area contributed by atoms with E-state index in [0.717, 1.165) is 37.6 Å². The predicted octanol–water partition coefficient (Wildman–Crippen LogP) is 3.93. The van der Waals surface area contributed by atoms with Gasteiger partial charge in [0, 0.05) is 17.8 Å². The molecule has 0 saturated heterocycles. The van der Waals surface area contributed by atoms with E-state index in [1.165, 1.54) is 11.1 Å². The molecule has 20 heavy (non-hydrogen) atoms. The maximum Gasteiger partial charge on any atom is 0.275 e. The molecule has 0 unspecified atom stereocenters. The molecule has 0 amide bonds. The van der Waals surface area contributed by atoms with Crippen LogP contribution in [-0.4, -0.2) is 20.4 Å². The molecule has 114 valence electrons. The van der Waals surface area contributed by atoms with Gasteiger partial charge >= 0.3 is 0 Å². The molecule has 1 rings (SSSR count). The molecular formula is C15H24O3S2. The molecule has 0 aromatic heterocycles. The van der Waals surface area contributed by atoms with Gasteiger partial charge in [-0.2, -0.15) is 12.0 Å². The molecule has 0 bridgehead atoms. The Labute approximate surface area is 127 Å². The quantitative estimate of drug-likeness (QED) is 0.564. The summed E-state index contributed by atoms with van der Waals surface area (Å²) in [5, 5.41) is 0. The Bertz CT molecular complexity index is 499. The molecule has 0 heterocycles. The summed E-state index contributed by atoms with van der Waals surface area (Å²) in [6.07, 6.45) is 4.07. The summed E-state index contributed by atoms with van der Waals surface area (Å²) in [7, 11) is -3.32. The van der Waals surface area contributed by atoms with Crippen LogP contribution in [0.3, 0.4) is 0 Å². The van der Waals surface area contributed by atoms with Gasteiger partial charge in [0.2, 0.25) is 0 Å². The van der Waals surface area contributed by atoms with Crippen LogP contribution in [0.15, 0.2) is 24.3 Å². The average Bonchev–Trinajstić information content (AvgIpc) is 2.32. The van der Waals surface area contributed by atoms with Crippen LogP contribution in [0.25, 0.3) is 0 Å². The highest BCUT2D eigenvalue weighted by atomic mass is 32.3. The first-order valence-corrected chi connectivity index (χ1v) is 9.52. The van der Waals surface area contributed by atoms with Crippen molar-refractivity contribution in [1.82, 2.24) is 0 Å². The summed E-state index contributed by atoms with van der Waals surface area (Å²) in [6.45, 7) is 6.63. The molecule has 0 N–H and O–H groups in total. The van der Waals surface area contributed by atoms with E-state index in [4.69, 9.17) is 0 Å². The second-order valence-electron chi connectivity index (χ2n) is 6.00. The molecule has 0 radical (unpaired) electrons. The zero-order valence-corrected chi connectivity index (χ0v) is 14.3. The van der Waals surface area contributed by atoms with Crippen LogP contribution in [0.5, 0.6) is 0 Å². The lowest BCUT2D eigenvalue weighted by Gasteiger charge is -2.19. The van der Waals surface area contributed by atoms with Gasteiger partial charge in [0.1, 0.15) is 0 Å². The minimum Gasteiger partial charge on any atom is -0.199 e. The van der Waals surface area contributed by atoms with Gasteiger partial charge in [-0.3, -0.25) is 0 Å². The van der Waals surface area contributed by atoms with Crippen LogP contribution < -0.4 is 0 Å². The molecule has 0 saturated carbocycles. The lowest BCUT2D eigenvalue weighted by atomic mass is 9.86. The van der Waals surface area contributed by atoms with Crippen molar-refractivity contribution in [2.24, 2.45) is 0 Å². The normalized spacial score (nSPS) is 12.6. The van der Waals surface area contributed by atoms with E-state index < -0.39 is 10.1 Å². The Kier molecular flexibility index (Phi) is 6.55. The highest BCUT2D eigenvalue weighted by Crippen LogP contribution is 2.22. The predicted molar refractivity (Wildman–Crippen MR) is 86.5 cm³/mol. The minimum atomic E-state index is -3.32. The minimum absolute atomic E-state index is 0.193. The van der Waals surface area contributed by atoms with Gasteiger partial charge in [-0.15, -0.1) is 0 Å². The van der Waals surface area contributed by atoms with Gasteiger partial charge in [-0.05, 0) is 35.8 Å². The standard InChI is InChI=1S/C15H24O3S2/c1-15(2,3)14-10-8-13(9-11-14)7-5-6-12-19-18-20(4,16)17/h8-11H,5-7,12H2,1-4H3. The SMILES string of the molecule is CC(C)(C)c1ccc(CCCCSOS(C)(=O)=O)cc1. The van der Waals surface area contributed by atoms with Crippen molar-refractivity contribution in [3.63, 3.8) is 0 Å². The van der Waals surface area contributed by atoms with Crippen LogP contribution in [0.4, 0.5) is 0 Å². The molecule has 1 aromatic carbocycles. The third kappa shape index (κ3) is 7.31. The summed E-state index contributed by atoms with van der Waals surface area (Å²) in [5.74, 6) is 0.702. The maximum absolute atomic E-state index is 10.8. The number of unbranched alkanes of at least 4 members (excludes halogenated alkanes) is 1. The highest BCUT2D eigenvalue weighted by Gasteiger charge is 2.12. The van der Waals surface area contributed by atoms with Crippen molar-refractivity contribution in [2.75, 3.05) is 12.0 Å². The Hall–Kier alpha value is -0.520. The third-order valence-corrected chi connectivity index (χ3v) is 4.76. The van der Waals surface area contributed by atoms with Gasteiger partial charge in [0.25, 0.3) is 10.1 Å². The molecule has 0 aliphatic heterocycles. The molecule has 0 fully saturated rings. The third-order valence-electron chi connectivity index (χ3n) is 2.93. The fraction of sp³-hybridized carbons (Fsp3) is 0.600. The van der Waals surface area contributed by atoms with Crippen molar-refractivity contribution in [3.8, 4) is 0 Å². The zero-order chi connectivity index (χ0) is 15.2. The molecule has 1 aromatic rings. The lowest BCUT2D eigenvalue weighted by Crippen LogP contribution is -2.10. The Morgan fingerprint density at radius 2 is 1.70 bits per heavy atom. The summed E-state index contributed by atoms with van der Waals surface area (Å²) in [4.78, 5) is 0. The molecule has 3 nitrogen and oxygen atoms in total. The monoisotopic (exact) mass is 316 g/mol. The smallest absolute Gasteiger partial charge is 0.199 e. The van der Waals surface area contributed by atoms with Crippen molar-refractivity contribution in [3.05, 3.63) is 35.4 Å². The zero-order valence-electron chi connectivity index (χ0n) is 12.7. The van der Waals surface area contributed by atoms with E-state index in [9.17, 15) is 8.42 Å². The molecule has 5 heteroatoms. The molecular weight excluding hydrogens is 292 g/mol. The maximum atomic E-state index is 10.8. The molecule has 0 aliphatic rings. The van der Waals surface area contributed by atoms with Gasteiger partial charge in [-0.25, -0.2) is 0 Å². The molecule has 0 aliphatic carbocycles. The average molecular weight is 316 g/mol. The number of benzene rings is 1. The van der Waals surface area contributed by atoms with E-state index in [1.807, 2.05) is 0 Å². The first kappa shape index (κ1) is 17.5. The second kappa shape index (κ2) is 7.48. The fourth-order valence-electron chi connectivity index (χ4n) is 1.78. The van der Waals surface area contributed by atoms with Crippen LogP contribution in [0, 0.1) is 0 Å². The molecule has 0 atom stereocenters. The van der Waals surface area contributed by atoms with Crippen LogP contribution in [0.2, 0.25) is 0 Å². The van der Waals surface area contributed by atoms with E-state index in [0.29, 0.717) is 5.75 Å². The summed E-state index contributed by atoms with van der Waals surface area (Å²) in [5.41, 5.74) is 2.86. The van der Waals surface area contributed by atoms with Crippen molar-refractivity contribution in [2.45, 2.75) is 45.4 Å². The van der Waals surface area contributed by atoms with Crippen LogP contribution in [-0.2, 0) is 25.6 Å². The Morgan fingerprint density at radius 3 is 2.20 bits per heavy atom. The molecule has 0 spiro atoms. The van der Waals surface area contributed by atoms with Gasteiger partial charge in [-0.1, -0.05) is 45.0 Å². The second-order valence-corrected chi connectivity index (χ2v) is 8.59. The number of hydrogen-bond donors (Lipinski definition) is 0. The van der Waals surface area contributed by atoms with E-state index >= 15 is 0 Å². The first-order chi connectivity index (χ1) is 9.18. The first-order valence-electron chi connectivity index (χ1n) is 6.79. The highest BCUT2D eigenvalue weighted by molar-refractivity contribution is 8.04. The fourth-order valence-corrected chi connectivity index (χ4v) is 3.08.